The minimum atomic E-state index is 0.631. The van der Waals surface area contributed by atoms with Gasteiger partial charge in [-0.1, -0.05) is 36.2 Å². The van der Waals surface area contributed by atoms with Gasteiger partial charge in [-0.25, -0.2) is 9.97 Å². The number of fused-ring (bicyclic) bond motifs is 1. The molecule has 2 aromatic rings. The summed E-state index contributed by atoms with van der Waals surface area (Å²) in [4.78, 5) is 9.25. The highest BCUT2D eigenvalue weighted by atomic mass is 35.5. The largest absolute Gasteiger partial charge is 0.496 e. The number of halogens is 1. The Morgan fingerprint density at radius 2 is 1.90 bits per heavy atom. The van der Waals surface area contributed by atoms with Gasteiger partial charge in [-0.05, 0) is 31.7 Å². The van der Waals surface area contributed by atoms with E-state index in [2.05, 4.69) is 4.98 Å². The number of nitrogens with zero attached hydrogens (tertiary/aromatic N) is 2. The van der Waals surface area contributed by atoms with Crippen LogP contribution in [0.2, 0.25) is 5.15 Å². The van der Waals surface area contributed by atoms with Crippen molar-refractivity contribution in [3.63, 3.8) is 0 Å². The van der Waals surface area contributed by atoms with Crippen LogP contribution < -0.4 is 4.74 Å². The van der Waals surface area contributed by atoms with Gasteiger partial charge in [0, 0.05) is 23.2 Å². The number of ether oxygens (including phenoxy) is 1. The van der Waals surface area contributed by atoms with Crippen LogP contribution in [0.4, 0.5) is 0 Å². The van der Waals surface area contributed by atoms with Gasteiger partial charge in [0.25, 0.3) is 0 Å². The lowest BCUT2D eigenvalue weighted by atomic mass is 10.1. The van der Waals surface area contributed by atoms with Crippen LogP contribution in [0.15, 0.2) is 24.3 Å². The number of aromatic nitrogens is 2. The molecule has 4 heteroatoms. The molecule has 21 heavy (non-hydrogen) atoms. The van der Waals surface area contributed by atoms with Gasteiger partial charge in [0.15, 0.2) is 0 Å². The summed E-state index contributed by atoms with van der Waals surface area (Å²) in [6.07, 6.45) is 6.28. The Morgan fingerprint density at radius 3 is 2.76 bits per heavy atom. The second-order valence-corrected chi connectivity index (χ2v) is 5.76. The summed E-state index contributed by atoms with van der Waals surface area (Å²) in [7, 11) is 1.68. The minimum absolute atomic E-state index is 0.631. The van der Waals surface area contributed by atoms with E-state index in [1.54, 1.807) is 7.11 Å². The zero-order chi connectivity index (χ0) is 14.7. The zero-order valence-corrected chi connectivity index (χ0v) is 13.0. The fraction of sp³-hybridized carbons (Fsp3) is 0.412. The second-order valence-electron chi connectivity index (χ2n) is 5.41. The highest BCUT2D eigenvalue weighted by Crippen LogP contribution is 2.26. The van der Waals surface area contributed by atoms with E-state index in [4.69, 9.17) is 21.3 Å². The van der Waals surface area contributed by atoms with E-state index in [1.807, 2.05) is 24.3 Å². The molecule has 0 fully saturated rings. The third-order valence-electron chi connectivity index (χ3n) is 3.97. The Balaban J connectivity index is 1.93. The molecule has 3 nitrogen and oxygen atoms in total. The number of methoxy groups -OCH3 is 1. The Bertz CT molecular complexity index is 643. The predicted octanol–water partition coefficient (Wildman–Crippen LogP) is 4.00. The molecule has 1 aliphatic carbocycles. The van der Waals surface area contributed by atoms with Crippen LogP contribution in [0.5, 0.6) is 5.75 Å². The van der Waals surface area contributed by atoms with Crippen molar-refractivity contribution in [2.75, 3.05) is 7.11 Å². The van der Waals surface area contributed by atoms with Crippen molar-refractivity contribution in [3.8, 4) is 5.75 Å². The fourth-order valence-electron chi connectivity index (χ4n) is 2.87. The third-order valence-corrected chi connectivity index (χ3v) is 4.28. The zero-order valence-electron chi connectivity index (χ0n) is 12.2. The van der Waals surface area contributed by atoms with Crippen molar-refractivity contribution in [2.45, 2.75) is 38.5 Å². The first-order valence-electron chi connectivity index (χ1n) is 7.44. The van der Waals surface area contributed by atoms with Gasteiger partial charge in [-0.2, -0.15) is 0 Å². The van der Waals surface area contributed by atoms with Crippen molar-refractivity contribution in [1.29, 1.82) is 0 Å². The quantitative estimate of drug-likeness (QED) is 0.635. The Labute approximate surface area is 130 Å². The molecule has 0 saturated heterocycles. The number of hydrogen-bond donors (Lipinski definition) is 0. The van der Waals surface area contributed by atoms with Crippen LogP contribution in [0.1, 0.15) is 41.9 Å². The summed E-state index contributed by atoms with van der Waals surface area (Å²) in [6.45, 7) is 0. The number of para-hydroxylation sites is 1. The number of benzene rings is 1. The van der Waals surface area contributed by atoms with Crippen LogP contribution in [-0.4, -0.2) is 17.1 Å². The van der Waals surface area contributed by atoms with Gasteiger partial charge in [-0.15, -0.1) is 0 Å². The maximum atomic E-state index is 6.38. The highest BCUT2D eigenvalue weighted by Gasteiger charge is 2.16. The smallest absolute Gasteiger partial charge is 0.136 e. The minimum Gasteiger partial charge on any atom is -0.496 e. The lowest BCUT2D eigenvalue weighted by Gasteiger charge is -2.11. The Kier molecular flexibility index (Phi) is 4.39. The number of hydrogen-bond acceptors (Lipinski definition) is 3. The van der Waals surface area contributed by atoms with Crippen molar-refractivity contribution in [2.24, 2.45) is 0 Å². The van der Waals surface area contributed by atoms with Crippen LogP contribution in [-0.2, 0) is 19.3 Å². The monoisotopic (exact) mass is 302 g/mol. The molecule has 1 aromatic carbocycles. The normalized spacial score (nSPS) is 14.4. The molecule has 110 valence electrons. The van der Waals surface area contributed by atoms with Crippen molar-refractivity contribution < 1.29 is 4.74 Å². The highest BCUT2D eigenvalue weighted by molar-refractivity contribution is 6.30. The van der Waals surface area contributed by atoms with Gasteiger partial charge in [-0.3, -0.25) is 0 Å². The molecular formula is C17H19ClN2O. The van der Waals surface area contributed by atoms with Crippen LogP contribution in [0.25, 0.3) is 0 Å². The molecule has 0 N–H and O–H groups in total. The van der Waals surface area contributed by atoms with E-state index in [0.717, 1.165) is 41.2 Å². The Hall–Kier alpha value is -1.61. The van der Waals surface area contributed by atoms with E-state index in [0.29, 0.717) is 11.6 Å². The van der Waals surface area contributed by atoms with Crippen molar-refractivity contribution in [3.05, 3.63) is 52.1 Å². The average Bonchev–Trinajstić information content (AvgIpc) is 2.73. The molecule has 3 rings (SSSR count). The van der Waals surface area contributed by atoms with Crippen LogP contribution in [0.3, 0.4) is 0 Å². The molecule has 0 spiro atoms. The predicted molar refractivity (Wildman–Crippen MR) is 84.1 cm³/mol. The SMILES string of the molecule is COc1ccccc1Cc1nc(Cl)c2c(n1)CCCCC2. The molecule has 0 atom stereocenters. The first-order chi connectivity index (χ1) is 10.3. The molecule has 1 aromatic heterocycles. The van der Waals surface area contributed by atoms with Gasteiger partial charge < -0.3 is 4.74 Å². The summed E-state index contributed by atoms with van der Waals surface area (Å²) < 4.78 is 5.39. The molecule has 0 saturated carbocycles. The van der Waals surface area contributed by atoms with Gasteiger partial charge in [0.2, 0.25) is 0 Å². The van der Waals surface area contributed by atoms with E-state index < -0.39 is 0 Å². The molecule has 0 unspecified atom stereocenters. The maximum Gasteiger partial charge on any atom is 0.136 e. The van der Waals surface area contributed by atoms with Gasteiger partial charge >= 0.3 is 0 Å². The molecule has 0 amide bonds. The summed E-state index contributed by atoms with van der Waals surface area (Å²) in [5.41, 5.74) is 3.37. The van der Waals surface area contributed by atoms with E-state index in [9.17, 15) is 0 Å². The van der Waals surface area contributed by atoms with Crippen molar-refractivity contribution in [1.82, 2.24) is 9.97 Å². The summed E-state index contributed by atoms with van der Waals surface area (Å²) in [5.74, 6) is 1.65. The van der Waals surface area contributed by atoms with E-state index in [-0.39, 0.29) is 0 Å². The van der Waals surface area contributed by atoms with E-state index >= 15 is 0 Å². The summed E-state index contributed by atoms with van der Waals surface area (Å²) in [5, 5.41) is 0.631. The van der Waals surface area contributed by atoms with Crippen molar-refractivity contribution >= 4 is 11.6 Å². The number of aryl methyl sites for hydroxylation is 1. The standard InChI is InChI=1S/C17H19ClN2O/c1-21-15-10-6-5-7-12(15)11-16-19-14-9-4-2-3-8-13(14)17(18)20-16/h5-7,10H,2-4,8-9,11H2,1H3. The maximum absolute atomic E-state index is 6.38. The van der Waals surface area contributed by atoms with E-state index in [1.165, 1.54) is 19.3 Å². The van der Waals surface area contributed by atoms with Crippen LogP contribution in [0, 0.1) is 0 Å². The first kappa shape index (κ1) is 14.3. The Morgan fingerprint density at radius 1 is 1.10 bits per heavy atom. The fourth-order valence-corrected chi connectivity index (χ4v) is 3.17. The number of rotatable bonds is 3. The first-order valence-corrected chi connectivity index (χ1v) is 7.82. The summed E-state index contributed by atoms with van der Waals surface area (Å²) in [6, 6.07) is 7.97. The van der Waals surface area contributed by atoms with Gasteiger partial charge in [0.1, 0.15) is 16.7 Å². The topological polar surface area (TPSA) is 35.0 Å². The molecule has 1 aliphatic rings. The second kappa shape index (κ2) is 6.44. The molecule has 0 bridgehead atoms. The lowest BCUT2D eigenvalue weighted by Crippen LogP contribution is -2.06. The summed E-state index contributed by atoms with van der Waals surface area (Å²) >= 11 is 6.38. The average molecular weight is 303 g/mol. The molecule has 0 aliphatic heterocycles. The third kappa shape index (κ3) is 3.18. The lowest BCUT2D eigenvalue weighted by molar-refractivity contribution is 0.410. The molecular weight excluding hydrogens is 284 g/mol. The van der Waals surface area contributed by atoms with Gasteiger partial charge in [0.05, 0.1) is 7.11 Å². The molecule has 0 radical (unpaired) electrons. The van der Waals surface area contributed by atoms with Crippen LogP contribution >= 0.6 is 11.6 Å². The molecule has 1 heterocycles.